The number of rotatable bonds is 26. The van der Waals surface area contributed by atoms with E-state index >= 15 is 0 Å². The van der Waals surface area contributed by atoms with Crippen LogP contribution in [0.25, 0.3) is 0 Å². The van der Waals surface area contributed by atoms with Crippen LogP contribution in [0.2, 0.25) is 6.04 Å². The molecular weight excluding hydrogens is 454 g/mol. The lowest BCUT2D eigenvalue weighted by Gasteiger charge is -2.21. The van der Waals surface area contributed by atoms with E-state index in [9.17, 15) is 4.79 Å². The summed E-state index contributed by atoms with van der Waals surface area (Å²) in [5, 5.41) is 0.336. The standard InChI is InChI=1S/C25H53NO5SSi/c1-5-9-11-12-13-15-25(27)32-23-14-24-33(30-18-16-26(7-3)8-4)31-22-21-29-20-19-28-17-10-6-2/h33H,5-24H2,1-4H3. The van der Waals surface area contributed by atoms with Crippen LogP contribution in [0.5, 0.6) is 0 Å². The molecule has 0 aromatic rings. The molecule has 198 valence electrons. The van der Waals surface area contributed by atoms with Crippen LogP contribution in [-0.4, -0.2) is 84.3 Å². The van der Waals surface area contributed by atoms with Crippen molar-refractivity contribution < 1.29 is 23.1 Å². The molecule has 0 rings (SSSR count). The van der Waals surface area contributed by atoms with Gasteiger partial charge in [-0.05, 0) is 38.4 Å². The minimum atomic E-state index is -1.75. The smallest absolute Gasteiger partial charge is 0.321 e. The van der Waals surface area contributed by atoms with E-state index in [2.05, 4.69) is 32.6 Å². The topological polar surface area (TPSA) is 57.2 Å². The molecule has 0 fully saturated rings. The molecule has 0 heterocycles. The van der Waals surface area contributed by atoms with E-state index < -0.39 is 9.28 Å². The van der Waals surface area contributed by atoms with Gasteiger partial charge in [0.2, 0.25) is 0 Å². The van der Waals surface area contributed by atoms with Crippen LogP contribution in [0.4, 0.5) is 0 Å². The zero-order valence-corrected chi connectivity index (χ0v) is 24.1. The van der Waals surface area contributed by atoms with Crippen molar-refractivity contribution in [1.82, 2.24) is 4.90 Å². The van der Waals surface area contributed by atoms with Crippen LogP contribution in [-0.2, 0) is 23.1 Å². The van der Waals surface area contributed by atoms with Gasteiger partial charge in [-0.3, -0.25) is 4.79 Å². The van der Waals surface area contributed by atoms with Crippen molar-refractivity contribution in [3.8, 4) is 0 Å². The summed E-state index contributed by atoms with van der Waals surface area (Å²) in [6.45, 7) is 15.7. The van der Waals surface area contributed by atoms with Gasteiger partial charge in [-0.2, -0.15) is 0 Å². The highest BCUT2D eigenvalue weighted by Gasteiger charge is 2.15. The molecule has 0 spiro atoms. The summed E-state index contributed by atoms with van der Waals surface area (Å²) < 4.78 is 23.4. The SMILES string of the molecule is CCCCCCCC(=O)SCCC[SiH](OCCOCCOCCCC)OCCN(CC)CC. The van der Waals surface area contributed by atoms with Gasteiger partial charge in [0.1, 0.15) is 0 Å². The van der Waals surface area contributed by atoms with Crippen LogP contribution in [0.15, 0.2) is 0 Å². The summed E-state index contributed by atoms with van der Waals surface area (Å²) >= 11 is 1.49. The molecule has 0 aliphatic heterocycles. The van der Waals surface area contributed by atoms with Crippen molar-refractivity contribution >= 4 is 26.2 Å². The first-order valence-electron chi connectivity index (χ1n) is 13.4. The molecular formula is C25H53NO5SSi. The molecule has 0 aromatic carbocycles. The lowest BCUT2D eigenvalue weighted by atomic mass is 10.1. The van der Waals surface area contributed by atoms with Crippen LogP contribution in [0.3, 0.4) is 0 Å². The maximum Gasteiger partial charge on any atom is 0.321 e. The summed E-state index contributed by atoms with van der Waals surface area (Å²) in [5.41, 5.74) is 0. The number of thioether (sulfide) groups is 1. The fourth-order valence-electron chi connectivity index (χ4n) is 3.26. The summed E-state index contributed by atoms with van der Waals surface area (Å²) in [4.78, 5) is 14.4. The average Bonchev–Trinajstić information content (AvgIpc) is 2.82. The van der Waals surface area contributed by atoms with Gasteiger partial charge in [-0.15, -0.1) is 0 Å². The Bertz CT molecular complexity index is 416. The average molecular weight is 508 g/mol. The van der Waals surface area contributed by atoms with Crippen molar-refractivity contribution in [2.45, 2.75) is 91.5 Å². The van der Waals surface area contributed by atoms with E-state index in [-0.39, 0.29) is 0 Å². The third-order valence-electron chi connectivity index (χ3n) is 5.48. The number of unbranched alkanes of at least 4 members (excludes halogenated alkanes) is 5. The van der Waals surface area contributed by atoms with Crippen LogP contribution in [0.1, 0.15) is 85.5 Å². The second kappa shape index (κ2) is 26.6. The summed E-state index contributed by atoms with van der Waals surface area (Å²) in [6, 6.07) is 0.940. The lowest BCUT2D eigenvalue weighted by molar-refractivity contribution is -0.111. The second-order valence-corrected chi connectivity index (χ2v) is 11.6. The molecule has 33 heavy (non-hydrogen) atoms. The maximum absolute atomic E-state index is 12.1. The molecule has 1 atom stereocenters. The summed E-state index contributed by atoms with van der Waals surface area (Å²) in [5.74, 6) is 0.867. The Balaban J connectivity index is 4.02. The number of hydrogen-bond acceptors (Lipinski definition) is 7. The highest BCUT2D eigenvalue weighted by atomic mass is 32.2. The van der Waals surface area contributed by atoms with Crippen LogP contribution in [0, 0.1) is 0 Å². The first-order valence-corrected chi connectivity index (χ1v) is 16.2. The molecule has 0 amide bonds. The Morgan fingerprint density at radius 1 is 0.727 bits per heavy atom. The second-order valence-electron chi connectivity index (χ2n) is 8.30. The highest BCUT2D eigenvalue weighted by molar-refractivity contribution is 8.13. The molecule has 0 aliphatic rings. The van der Waals surface area contributed by atoms with E-state index in [0.29, 0.717) is 44.6 Å². The van der Waals surface area contributed by atoms with E-state index in [0.717, 1.165) is 63.7 Å². The number of likely N-dealkylation sites (N-methyl/N-ethyl adjacent to an activating group) is 1. The predicted octanol–water partition coefficient (Wildman–Crippen LogP) is 5.43. The lowest BCUT2D eigenvalue weighted by Crippen LogP contribution is -2.32. The van der Waals surface area contributed by atoms with E-state index in [4.69, 9.17) is 18.3 Å². The Hall–Kier alpha value is 0.0369. The van der Waals surface area contributed by atoms with E-state index in [1.165, 1.54) is 37.4 Å². The zero-order chi connectivity index (χ0) is 24.4. The molecule has 8 heteroatoms. The Labute approximate surface area is 210 Å². The largest absolute Gasteiger partial charge is 0.395 e. The Morgan fingerprint density at radius 3 is 2.06 bits per heavy atom. The van der Waals surface area contributed by atoms with Gasteiger partial charge in [0.25, 0.3) is 0 Å². The van der Waals surface area contributed by atoms with Gasteiger partial charge in [0.05, 0.1) is 26.4 Å². The molecule has 0 radical (unpaired) electrons. The predicted molar refractivity (Wildman–Crippen MR) is 144 cm³/mol. The first-order chi connectivity index (χ1) is 16.2. The number of carbonyl (C=O) groups excluding carboxylic acids is 1. The maximum atomic E-state index is 12.1. The Kier molecular flexibility index (Phi) is 26.7. The molecule has 0 bridgehead atoms. The van der Waals surface area contributed by atoms with Crippen molar-refractivity contribution in [2.75, 3.05) is 65.0 Å². The van der Waals surface area contributed by atoms with Crippen LogP contribution >= 0.6 is 11.8 Å². The monoisotopic (exact) mass is 507 g/mol. The number of carbonyl (C=O) groups is 1. The number of nitrogens with zero attached hydrogens (tertiary/aromatic N) is 1. The van der Waals surface area contributed by atoms with Crippen molar-refractivity contribution in [1.29, 1.82) is 0 Å². The first kappa shape index (κ1) is 33.0. The molecule has 0 aliphatic carbocycles. The third-order valence-corrected chi connectivity index (χ3v) is 8.60. The third kappa shape index (κ3) is 23.5. The van der Waals surface area contributed by atoms with Crippen molar-refractivity contribution in [2.24, 2.45) is 0 Å². The van der Waals surface area contributed by atoms with Gasteiger partial charge < -0.3 is 23.2 Å². The highest BCUT2D eigenvalue weighted by Crippen LogP contribution is 2.14. The molecule has 0 aromatic heterocycles. The number of hydrogen-bond donors (Lipinski definition) is 0. The fraction of sp³-hybridized carbons (Fsp3) is 0.960. The van der Waals surface area contributed by atoms with Gasteiger partial charge in [-0.25, -0.2) is 0 Å². The molecule has 0 N–H and O–H groups in total. The molecule has 0 saturated carbocycles. The normalized spacial score (nSPS) is 12.5. The summed E-state index contributed by atoms with van der Waals surface area (Å²) in [7, 11) is -1.75. The minimum absolute atomic E-state index is 0.336. The van der Waals surface area contributed by atoms with Gasteiger partial charge >= 0.3 is 9.28 Å². The fourth-order valence-corrected chi connectivity index (χ4v) is 6.07. The minimum Gasteiger partial charge on any atom is -0.395 e. The quantitative estimate of drug-likeness (QED) is 0.114. The zero-order valence-electron chi connectivity index (χ0n) is 22.1. The molecule has 6 nitrogen and oxygen atoms in total. The van der Waals surface area contributed by atoms with Crippen molar-refractivity contribution in [3.05, 3.63) is 0 Å². The Morgan fingerprint density at radius 2 is 1.36 bits per heavy atom. The van der Waals surface area contributed by atoms with Gasteiger partial charge in [-0.1, -0.05) is 71.6 Å². The molecule has 0 saturated heterocycles. The van der Waals surface area contributed by atoms with E-state index in [1.807, 2.05) is 0 Å². The van der Waals surface area contributed by atoms with Gasteiger partial charge in [0.15, 0.2) is 5.12 Å². The van der Waals surface area contributed by atoms with Crippen molar-refractivity contribution in [3.63, 3.8) is 0 Å². The number of ether oxygens (including phenoxy) is 2. The van der Waals surface area contributed by atoms with E-state index in [1.54, 1.807) is 0 Å². The molecule has 1 unspecified atom stereocenters. The van der Waals surface area contributed by atoms with Gasteiger partial charge in [0, 0.05) is 31.9 Å². The van der Waals surface area contributed by atoms with Crippen LogP contribution < -0.4 is 0 Å². The summed E-state index contributed by atoms with van der Waals surface area (Å²) in [6.07, 6.45) is 9.92.